The quantitative estimate of drug-likeness (QED) is 0.742. The van der Waals surface area contributed by atoms with Crippen LogP contribution in [0.15, 0.2) is 24.3 Å². The van der Waals surface area contributed by atoms with Crippen LogP contribution in [0.2, 0.25) is 0 Å². The molecule has 0 saturated carbocycles. The average Bonchev–Trinajstić information content (AvgIpc) is 2.35. The van der Waals surface area contributed by atoms with Crippen molar-refractivity contribution in [2.24, 2.45) is 0 Å². The van der Waals surface area contributed by atoms with Crippen LogP contribution in [-0.4, -0.2) is 34.9 Å². The summed E-state index contributed by atoms with van der Waals surface area (Å²) < 4.78 is 34.9. The molecule has 0 radical (unpaired) electrons. The van der Waals surface area contributed by atoms with Gasteiger partial charge in [-0.3, -0.25) is 0 Å². The maximum atomic E-state index is 11.1. The molecule has 0 atom stereocenters. The summed E-state index contributed by atoms with van der Waals surface area (Å²) in [7, 11) is -0.136. The Balaban J connectivity index is 2.31. The van der Waals surface area contributed by atoms with Gasteiger partial charge in [-0.15, -0.1) is 0 Å². The summed E-state index contributed by atoms with van der Waals surface area (Å²) in [5, 5.41) is 0. The Bertz CT molecular complexity index is 427. The summed E-state index contributed by atoms with van der Waals surface area (Å²) in [5.41, 5.74) is 0. The minimum Gasteiger partial charge on any atom is -0.497 e. The molecule has 1 N–H and O–H groups in total. The molecule has 96 valence electrons. The summed E-state index contributed by atoms with van der Waals surface area (Å²) in [5.74, 6) is 1.53. The van der Waals surface area contributed by atoms with E-state index in [1.54, 1.807) is 31.4 Å². The van der Waals surface area contributed by atoms with Gasteiger partial charge in [-0.25, -0.2) is 13.1 Å². The van der Waals surface area contributed by atoms with Crippen LogP contribution < -0.4 is 14.2 Å². The molecule has 5 nitrogen and oxygen atoms in total. The van der Waals surface area contributed by atoms with E-state index in [1.807, 2.05) is 0 Å². The first kappa shape index (κ1) is 13.8. The van der Waals surface area contributed by atoms with E-state index < -0.39 is 10.0 Å². The summed E-state index contributed by atoms with van der Waals surface area (Å²) in [6.45, 7) is 0.368. The van der Waals surface area contributed by atoms with Crippen LogP contribution in [0.4, 0.5) is 0 Å². The van der Waals surface area contributed by atoms with Crippen LogP contribution in [0.25, 0.3) is 0 Å². The molecule has 0 unspecified atom stereocenters. The second kappa shape index (κ2) is 6.46. The van der Waals surface area contributed by atoms with Gasteiger partial charge in [-0.1, -0.05) is 0 Å². The van der Waals surface area contributed by atoms with Crippen molar-refractivity contribution in [2.75, 3.05) is 26.5 Å². The Labute approximate surface area is 102 Å². The van der Waals surface area contributed by atoms with E-state index in [2.05, 4.69) is 4.72 Å². The van der Waals surface area contributed by atoms with E-state index in [1.165, 1.54) is 7.05 Å². The van der Waals surface area contributed by atoms with Gasteiger partial charge in [-0.2, -0.15) is 0 Å². The monoisotopic (exact) mass is 259 g/mol. The molecule has 1 aromatic rings. The highest BCUT2D eigenvalue weighted by atomic mass is 32.2. The zero-order chi connectivity index (χ0) is 12.7. The molecular weight excluding hydrogens is 242 g/mol. The maximum absolute atomic E-state index is 11.1. The topological polar surface area (TPSA) is 64.6 Å². The van der Waals surface area contributed by atoms with Crippen LogP contribution >= 0.6 is 0 Å². The summed E-state index contributed by atoms with van der Waals surface area (Å²) >= 11 is 0. The van der Waals surface area contributed by atoms with Crippen molar-refractivity contribution < 1.29 is 17.9 Å². The lowest BCUT2D eigenvalue weighted by Crippen LogP contribution is -2.23. The van der Waals surface area contributed by atoms with Gasteiger partial charge in [-0.05, 0) is 37.7 Å². The number of hydrogen-bond acceptors (Lipinski definition) is 4. The second-order valence-electron chi connectivity index (χ2n) is 3.40. The van der Waals surface area contributed by atoms with Crippen molar-refractivity contribution in [1.82, 2.24) is 4.72 Å². The SMILES string of the molecule is CNS(=O)(=O)CCCOc1ccc(OC)cc1. The van der Waals surface area contributed by atoms with E-state index in [0.717, 1.165) is 5.75 Å². The van der Waals surface area contributed by atoms with Crippen LogP contribution in [0.3, 0.4) is 0 Å². The van der Waals surface area contributed by atoms with Gasteiger partial charge in [0.2, 0.25) is 10.0 Å². The maximum Gasteiger partial charge on any atom is 0.211 e. The van der Waals surface area contributed by atoms with Crippen molar-refractivity contribution in [3.05, 3.63) is 24.3 Å². The van der Waals surface area contributed by atoms with Crippen molar-refractivity contribution >= 4 is 10.0 Å². The van der Waals surface area contributed by atoms with E-state index in [4.69, 9.17) is 9.47 Å². The predicted octanol–water partition coefficient (Wildman–Crippen LogP) is 1.01. The van der Waals surface area contributed by atoms with Crippen molar-refractivity contribution in [2.45, 2.75) is 6.42 Å². The summed E-state index contributed by atoms with van der Waals surface area (Å²) in [6, 6.07) is 7.15. The Morgan fingerprint density at radius 2 is 1.76 bits per heavy atom. The van der Waals surface area contributed by atoms with E-state index in [-0.39, 0.29) is 5.75 Å². The first-order valence-electron chi connectivity index (χ1n) is 5.25. The van der Waals surface area contributed by atoms with Gasteiger partial charge in [0.1, 0.15) is 11.5 Å². The van der Waals surface area contributed by atoms with Crippen LogP contribution in [0, 0.1) is 0 Å². The fraction of sp³-hybridized carbons (Fsp3) is 0.455. The molecule has 0 amide bonds. The number of hydrogen-bond donors (Lipinski definition) is 1. The standard InChI is InChI=1S/C11H17NO4S/c1-12-17(13,14)9-3-8-16-11-6-4-10(15-2)5-7-11/h4-7,12H,3,8-9H2,1-2H3. The van der Waals surface area contributed by atoms with Crippen molar-refractivity contribution in [1.29, 1.82) is 0 Å². The molecule has 6 heteroatoms. The highest BCUT2D eigenvalue weighted by molar-refractivity contribution is 7.89. The van der Waals surface area contributed by atoms with Gasteiger partial charge in [0.05, 0.1) is 19.5 Å². The Morgan fingerprint density at radius 3 is 2.29 bits per heavy atom. The lowest BCUT2D eigenvalue weighted by Gasteiger charge is -2.07. The van der Waals surface area contributed by atoms with Crippen molar-refractivity contribution in [3.63, 3.8) is 0 Å². The number of rotatable bonds is 7. The Kier molecular flexibility index (Phi) is 5.24. The van der Waals surface area contributed by atoms with Gasteiger partial charge in [0, 0.05) is 0 Å². The second-order valence-corrected chi connectivity index (χ2v) is 5.45. The highest BCUT2D eigenvalue weighted by Gasteiger charge is 2.05. The Hall–Kier alpha value is -1.27. The van der Waals surface area contributed by atoms with Crippen molar-refractivity contribution in [3.8, 4) is 11.5 Å². The average molecular weight is 259 g/mol. The van der Waals surface area contributed by atoms with Crippen LogP contribution in [0.1, 0.15) is 6.42 Å². The molecule has 0 aliphatic rings. The molecule has 0 spiro atoms. The van der Waals surface area contributed by atoms with E-state index in [9.17, 15) is 8.42 Å². The fourth-order valence-corrected chi connectivity index (χ4v) is 1.91. The normalized spacial score (nSPS) is 11.2. The number of methoxy groups -OCH3 is 1. The minimum absolute atomic E-state index is 0.0691. The number of benzene rings is 1. The molecule has 0 aromatic heterocycles. The number of nitrogens with one attached hydrogen (secondary N) is 1. The molecule has 17 heavy (non-hydrogen) atoms. The first-order chi connectivity index (χ1) is 8.07. The van der Waals surface area contributed by atoms with E-state index >= 15 is 0 Å². The molecule has 0 saturated heterocycles. The van der Waals surface area contributed by atoms with Gasteiger partial charge < -0.3 is 9.47 Å². The third kappa shape index (κ3) is 5.06. The molecule has 1 rings (SSSR count). The van der Waals surface area contributed by atoms with E-state index in [0.29, 0.717) is 18.8 Å². The molecule has 0 fully saturated rings. The molecule has 0 heterocycles. The zero-order valence-corrected chi connectivity index (χ0v) is 10.8. The Morgan fingerprint density at radius 1 is 1.18 bits per heavy atom. The molecule has 0 bridgehead atoms. The lowest BCUT2D eigenvalue weighted by molar-refractivity contribution is 0.316. The van der Waals surface area contributed by atoms with Crippen LogP contribution in [0.5, 0.6) is 11.5 Å². The largest absolute Gasteiger partial charge is 0.497 e. The molecule has 0 aliphatic carbocycles. The molecule has 1 aromatic carbocycles. The molecule has 0 aliphatic heterocycles. The highest BCUT2D eigenvalue weighted by Crippen LogP contribution is 2.16. The minimum atomic E-state index is -3.13. The third-order valence-corrected chi connectivity index (χ3v) is 3.64. The zero-order valence-electron chi connectivity index (χ0n) is 9.97. The van der Waals surface area contributed by atoms with Crippen LogP contribution in [-0.2, 0) is 10.0 Å². The summed E-state index contributed by atoms with van der Waals surface area (Å²) in [6.07, 6.45) is 0.454. The number of sulfonamides is 1. The predicted molar refractivity (Wildman–Crippen MR) is 66.0 cm³/mol. The smallest absolute Gasteiger partial charge is 0.211 e. The fourth-order valence-electron chi connectivity index (χ4n) is 1.21. The first-order valence-corrected chi connectivity index (χ1v) is 6.90. The summed E-state index contributed by atoms with van der Waals surface area (Å²) in [4.78, 5) is 0. The van der Waals surface area contributed by atoms with Gasteiger partial charge >= 0.3 is 0 Å². The van der Waals surface area contributed by atoms with Gasteiger partial charge in [0.15, 0.2) is 0 Å². The number of ether oxygens (including phenoxy) is 2. The lowest BCUT2D eigenvalue weighted by atomic mass is 10.3. The van der Waals surface area contributed by atoms with Gasteiger partial charge in [0.25, 0.3) is 0 Å². The molecular formula is C11H17NO4S. The third-order valence-electron chi connectivity index (χ3n) is 2.20.